The zero-order chi connectivity index (χ0) is 16.7. The van der Waals surface area contributed by atoms with Gasteiger partial charge in [-0.2, -0.15) is 0 Å². The van der Waals surface area contributed by atoms with E-state index in [2.05, 4.69) is 10.6 Å². The molecule has 0 atom stereocenters. The van der Waals surface area contributed by atoms with Crippen LogP contribution in [0.25, 0.3) is 0 Å². The molecule has 0 spiro atoms. The van der Waals surface area contributed by atoms with E-state index in [1.165, 1.54) is 0 Å². The number of ether oxygens (including phenoxy) is 2. The van der Waals surface area contributed by atoms with E-state index in [-0.39, 0.29) is 6.73 Å². The predicted molar refractivity (Wildman–Crippen MR) is 91.1 cm³/mol. The summed E-state index contributed by atoms with van der Waals surface area (Å²) in [6, 6.07) is 11.5. The van der Waals surface area contributed by atoms with E-state index in [1.54, 1.807) is 42.5 Å². The summed E-state index contributed by atoms with van der Waals surface area (Å²) in [5.74, 6) is 1.39. The molecular formula is C16H18ClN3O3. The Morgan fingerprint density at radius 3 is 2.39 bits per heavy atom. The van der Waals surface area contributed by atoms with Crippen molar-refractivity contribution in [3.05, 3.63) is 47.5 Å². The summed E-state index contributed by atoms with van der Waals surface area (Å²) in [6.45, 7) is 2.54. The molecule has 0 heterocycles. The molecule has 0 saturated carbocycles. The number of nitrogens with two attached hydrogens (primary N) is 1. The molecule has 0 aliphatic rings. The lowest BCUT2D eigenvalue weighted by Crippen LogP contribution is -2.32. The molecule has 0 bridgehead atoms. The van der Waals surface area contributed by atoms with Gasteiger partial charge in [0.05, 0.1) is 17.3 Å². The number of nitrogens with one attached hydrogen (secondary N) is 2. The Labute approximate surface area is 139 Å². The third-order valence-corrected chi connectivity index (χ3v) is 3.16. The Morgan fingerprint density at radius 2 is 1.78 bits per heavy atom. The Kier molecular flexibility index (Phi) is 5.94. The minimum atomic E-state index is -0.428. The van der Waals surface area contributed by atoms with Gasteiger partial charge in [0, 0.05) is 5.69 Å². The highest BCUT2D eigenvalue weighted by molar-refractivity contribution is 6.34. The van der Waals surface area contributed by atoms with Gasteiger partial charge in [-0.1, -0.05) is 11.6 Å². The van der Waals surface area contributed by atoms with E-state index in [9.17, 15) is 4.79 Å². The van der Waals surface area contributed by atoms with Gasteiger partial charge in [0.15, 0.2) is 6.73 Å². The quantitative estimate of drug-likeness (QED) is 0.557. The van der Waals surface area contributed by atoms with E-state index < -0.39 is 6.03 Å². The molecule has 2 rings (SSSR count). The van der Waals surface area contributed by atoms with Crippen LogP contribution in [0, 0.1) is 0 Å². The normalized spacial score (nSPS) is 10.0. The molecule has 0 unspecified atom stereocenters. The highest BCUT2D eigenvalue weighted by Crippen LogP contribution is 2.23. The molecular weight excluding hydrogens is 318 g/mol. The molecule has 6 nitrogen and oxygen atoms in total. The average molecular weight is 336 g/mol. The number of rotatable bonds is 6. The number of hydrogen-bond acceptors (Lipinski definition) is 4. The minimum Gasteiger partial charge on any atom is -0.494 e. The van der Waals surface area contributed by atoms with Crippen molar-refractivity contribution in [2.45, 2.75) is 6.92 Å². The van der Waals surface area contributed by atoms with Crippen LogP contribution in [0.3, 0.4) is 0 Å². The summed E-state index contributed by atoms with van der Waals surface area (Å²) < 4.78 is 10.7. The first-order valence-electron chi connectivity index (χ1n) is 7.04. The fourth-order valence-electron chi connectivity index (χ4n) is 1.78. The standard InChI is InChI=1S/C16H18ClN3O3/c1-2-22-12-4-6-13(7-5-12)23-10-19-16(21)20-15-8-3-11(18)9-14(15)17/h3-9H,2,10,18H2,1H3,(H2,19,20,21). The van der Waals surface area contributed by atoms with Gasteiger partial charge in [-0.15, -0.1) is 0 Å². The van der Waals surface area contributed by atoms with Crippen molar-refractivity contribution in [3.8, 4) is 11.5 Å². The van der Waals surface area contributed by atoms with Crippen molar-refractivity contribution < 1.29 is 14.3 Å². The summed E-state index contributed by atoms with van der Waals surface area (Å²) in [7, 11) is 0. The second-order valence-electron chi connectivity index (χ2n) is 4.56. The maximum Gasteiger partial charge on any atom is 0.321 e. The fraction of sp³-hybridized carbons (Fsp3) is 0.188. The van der Waals surface area contributed by atoms with Gasteiger partial charge in [-0.05, 0) is 49.4 Å². The van der Waals surface area contributed by atoms with Crippen LogP contribution in [-0.4, -0.2) is 19.4 Å². The number of carbonyl (C=O) groups excluding carboxylic acids is 1. The van der Waals surface area contributed by atoms with E-state index >= 15 is 0 Å². The Hall–Kier alpha value is -2.60. The molecule has 0 saturated heterocycles. The third-order valence-electron chi connectivity index (χ3n) is 2.85. The van der Waals surface area contributed by atoms with Gasteiger partial charge >= 0.3 is 6.03 Å². The summed E-state index contributed by atoms with van der Waals surface area (Å²) in [4.78, 5) is 11.8. The van der Waals surface area contributed by atoms with Crippen molar-refractivity contribution in [1.29, 1.82) is 0 Å². The van der Waals surface area contributed by atoms with Crippen LogP contribution in [0.4, 0.5) is 16.2 Å². The second kappa shape index (κ2) is 8.14. The molecule has 2 aromatic carbocycles. The van der Waals surface area contributed by atoms with Crippen LogP contribution < -0.4 is 25.8 Å². The number of halogens is 1. The fourth-order valence-corrected chi connectivity index (χ4v) is 2.02. The molecule has 2 aromatic rings. The first-order chi connectivity index (χ1) is 11.1. The van der Waals surface area contributed by atoms with E-state index in [1.807, 2.05) is 6.92 Å². The lowest BCUT2D eigenvalue weighted by atomic mass is 10.3. The first-order valence-corrected chi connectivity index (χ1v) is 7.42. The van der Waals surface area contributed by atoms with Crippen molar-refractivity contribution >= 4 is 29.0 Å². The molecule has 0 fully saturated rings. The zero-order valence-electron chi connectivity index (χ0n) is 12.6. The molecule has 23 heavy (non-hydrogen) atoms. The number of carbonyl (C=O) groups is 1. The van der Waals surface area contributed by atoms with Crippen LogP contribution in [0.5, 0.6) is 11.5 Å². The molecule has 4 N–H and O–H groups in total. The molecule has 7 heteroatoms. The topological polar surface area (TPSA) is 85.6 Å². The Balaban J connectivity index is 1.78. The largest absolute Gasteiger partial charge is 0.494 e. The molecule has 2 amide bonds. The van der Waals surface area contributed by atoms with Crippen molar-refractivity contribution in [3.63, 3.8) is 0 Å². The number of hydrogen-bond donors (Lipinski definition) is 3. The van der Waals surface area contributed by atoms with Gasteiger partial charge < -0.3 is 25.8 Å². The molecule has 0 aliphatic carbocycles. The third kappa shape index (κ3) is 5.27. The lowest BCUT2D eigenvalue weighted by molar-refractivity contribution is 0.234. The predicted octanol–water partition coefficient (Wildman–Crippen LogP) is 3.48. The second-order valence-corrected chi connectivity index (χ2v) is 4.97. The van der Waals surface area contributed by atoms with Crippen molar-refractivity contribution in [1.82, 2.24) is 5.32 Å². The van der Waals surface area contributed by atoms with Crippen LogP contribution in [-0.2, 0) is 0 Å². The molecule has 0 aromatic heterocycles. The number of urea groups is 1. The highest BCUT2D eigenvalue weighted by Gasteiger charge is 2.05. The molecule has 0 radical (unpaired) electrons. The lowest BCUT2D eigenvalue weighted by Gasteiger charge is -2.11. The van der Waals surface area contributed by atoms with Crippen LogP contribution in [0.1, 0.15) is 6.92 Å². The Morgan fingerprint density at radius 1 is 1.13 bits per heavy atom. The van der Waals surface area contributed by atoms with E-state index in [0.717, 1.165) is 5.75 Å². The monoisotopic (exact) mass is 335 g/mol. The van der Waals surface area contributed by atoms with Crippen LogP contribution in [0.15, 0.2) is 42.5 Å². The van der Waals surface area contributed by atoms with E-state index in [4.69, 9.17) is 26.8 Å². The minimum absolute atomic E-state index is 0.0202. The highest BCUT2D eigenvalue weighted by atomic mass is 35.5. The molecule has 0 aliphatic heterocycles. The van der Waals surface area contributed by atoms with Gasteiger partial charge in [-0.3, -0.25) is 0 Å². The number of benzene rings is 2. The van der Waals surface area contributed by atoms with Crippen LogP contribution >= 0.6 is 11.6 Å². The summed E-state index contributed by atoms with van der Waals surface area (Å²) in [6.07, 6.45) is 0. The Bertz CT molecular complexity index is 662. The van der Waals surface area contributed by atoms with Gasteiger partial charge in [-0.25, -0.2) is 4.79 Å². The average Bonchev–Trinajstić information content (AvgIpc) is 2.52. The smallest absolute Gasteiger partial charge is 0.321 e. The van der Waals surface area contributed by atoms with Gasteiger partial charge in [0.25, 0.3) is 0 Å². The first kappa shape index (κ1) is 16.8. The van der Waals surface area contributed by atoms with Gasteiger partial charge in [0.1, 0.15) is 11.5 Å². The van der Waals surface area contributed by atoms with E-state index in [0.29, 0.717) is 28.8 Å². The summed E-state index contributed by atoms with van der Waals surface area (Å²) in [5, 5.41) is 5.55. The number of anilines is 2. The molecule has 122 valence electrons. The SMILES string of the molecule is CCOc1ccc(OCNC(=O)Nc2ccc(N)cc2Cl)cc1. The summed E-state index contributed by atoms with van der Waals surface area (Å²) >= 11 is 5.98. The maximum atomic E-state index is 11.8. The maximum absolute atomic E-state index is 11.8. The summed E-state index contributed by atoms with van der Waals surface area (Å²) in [5.41, 5.74) is 6.59. The zero-order valence-corrected chi connectivity index (χ0v) is 13.4. The van der Waals surface area contributed by atoms with Crippen LogP contribution in [0.2, 0.25) is 5.02 Å². The van der Waals surface area contributed by atoms with Crippen molar-refractivity contribution in [2.24, 2.45) is 0 Å². The van der Waals surface area contributed by atoms with Gasteiger partial charge in [0.2, 0.25) is 0 Å². The van der Waals surface area contributed by atoms with Crippen molar-refractivity contribution in [2.75, 3.05) is 24.4 Å². The number of nitrogen functional groups attached to an aromatic ring is 1. The number of amides is 2.